The largest absolute Gasteiger partial charge is 0.389 e. The van der Waals surface area contributed by atoms with Crippen LogP contribution in [0.3, 0.4) is 0 Å². The molecule has 0 spiro atoms. The van der Waals surface area contributed by atoms with Gasteiger partial charge in [0, 0.05) is 19.6 Å². The zero-order valence-electron chi connectivity index (χ0n) is 9.65. The Kier molecular flexibility index (Phi) is 5.55. The lowest BCUT2D eigenvalue weighted by Gasteiger charge is -2.17. The van der Waals surface area contributed by atoms with Gasteiger partial charge in [-0.25, -0.2) is 0 Å². The van der Waals surface area contributed by atoms with Crippen molar-refractivity contribution in [3.05, 3.63) is 0 Å². The van der Waals surface area contributed by atoms with Crippen LogP contribution >= 0.6 is 0 Å². The lowest BCUT2D eigenvalue weighted by atomic mass is 10.2. The Morgan fingerprint density at radius 1 is 1.31 bits per heavy atom. The van der Waals surface area contributed by atoms with Crippen molar-refractivity contribution < 1.29 is 17.9 Å². The number of alkyl halides is 3. The Morgan fingerprint density at radius 3 is 2.50 bits per heavy atom. The molecule has 1 aliphatic carbocycles. The van der Waals surface area contributed by atoms with E-state index >= 15 is 0 Å². The second-order valence-corrected chi connectivity index (χ2v) is 4.43. The summed E-state index contributed by atoms with van der Waals surface area (Å²) in [6.07, 6.45) is -1.48. The molecular formula is C11H20F3NO. The Hall–Kier alpha value is -0.290. The number of nitrogens with one attached hydrogen (secondary N) is 1. The van der Waals surface area contributed by atoms with E-state index in [0.717, 1.165) is 0 Å². The van der Waals surface area contributed by atoms with Gasteiger partial charge in [0.1, 0.15) is 0 Å². The number of rotatable bonds is 8. The highest BCUT2D eigenvalue weighted by Gasteiger charge is 2.30. The Morgan fingerprint density at radius 2 is 2.00 bits per heavy atom. The third kappa shape index (κ3) is 6.33. The maximum Gasteiger partial charge on any atom is 0.389 e. The van der Waals surface area contributed by atoms with Gasteiger partial charge in [0.25, 0.3) is 0 Å². The van der Waals surface area contributed by atoms with E-state index in [1.54, 1.807) is 7.11 Å². The van der Waals surface area contributed by atoms with E-state index in [4.69, 9.17) is 4.74 Å². The fraction of sp³-hybridized carbons (Fsp3) is 1.00. The third-order valence-electron chi connectivity index (χ3n) is 2.83. The molecule has 0 amide bonds. The Bertz CT molecular complexity index is 192. The van der Waals surface area contributed by atoms with Gasteiger partial charge in [-0.05, 0) is 38.1 Å². The van der Waals surface area contributed by atoms with Crippen LogP contribution in [-0.2, 0) is 4.74 Å². The lowest BCUT2D eigenvalue weighted by molar-refractivity contribution is -0.135. The van der Waals surface area contributed by atoms with Crippen molar-refractivity contribution in [2.75, 3.05) is 20.3 Å². The Balaban J connectivity index is 2.00. The van der Waals surface area contributed by atoms with Crippen molar-refractivity contribution in [3.63, 3.8) is 0 Å². The molecule has 1 aliphatic rings. The van der Waals surface area contributed by atoms with Crippen molar-refractivity contribution in [3.8, 4) is 0 Å². The van der Waals surface area contributed by atoms with Gasteiger partial charge in [-0.15, -0.1) is 0 Å². The highest BCUT2D eigenvalue weighted by molar-refractivity contribution is 4.86. The van der Waals surface area contributed by atoms with E-state index in [1.165, 1.54) is 12.8 Å². The molecule has 0 saturated heterocycles. The number of methoxy groups -OCH3 is 1. The second kappa shape index (κ2) is 6.45. The highest BCUT2D eigenvalue weighted by Crippen LogP contribution is 2.32. The first-order valence-corrected chi connectivity index (χ1v) is 5.82. The SMILES string of the molecule is COCC(NCCCCC(F)(F)F)C1CC1. The molecule has 1 atom stereocenters. The molecule has 5 heteroatoms. The summed E-state index contributed by atoms with van der Waals surface area (Å²) in [5, 5.41) is 3.28. The first-order chi connectivity index (χ1) is 7.53. The van der Waals surface area contributed by atoms with Gasteiger partial charge in [-0.3, -0.25) is 0 Å². The smallest absolute Gasteiger partial charge is 0.383 e. The van der Waals surface area contributed by atoms with Crippen LogP contribution in [-0.4, -0.2) is 32.5 Å². The fourth-order valence-corrected chi connectivity index (χ4v) is 1.78. The molecule has 1 rings (SSSR count). The van der Waals surface area contributed by atoms with Crippen molar-refractivity contribution in [1.82, 2.24) is 5.32 Å². The van der Waals surface area contributed by atoms with E-state index in [2.05, 4.69) is 5.32 Å². The molecule has 0 bridgehead atoms. The van der Waals surface area contributed by atoms with E-state index < -0.39 is 12.6 Å². The van der Waals surface area contributed by atoms with E-state index in [0.29, 0.717) is 31.5 Å². The molecule has 0 aromatic heterocycles. The molecule has 0 radical (unpaired) electrons. The van der Waals surface area contributed by atoms with Crippen LogP contribution in [0, 0.1) is 5.92 Å². The molecule has 0 aliphatic heterocycles. The molecule has 1 saturated carbocycles. The summed E-state index contributed by atoms with van der Waals surface area (Å²) in [6, 6.07) is 0.330. The van der Waals surface area contributed by atoms with Gasteiger partial charge in [0.15, 0.2) is 0 Å². The molecule has 1 fully saturated rings. The summed E-state index contributed by atoms with van der Waals surface area (Å²) >= 11 is 0. The number of unbranched alkanes of at least 4 members (excludes halogenated alkanes) is 1. The zero-order chi connectivity index (χ0) is 12.0. The summed E-state index contributed by atoms with van der Waals surface area (Å²) in [7, 11) is 1.65. The fourth-order valence-electron chi connectivity index (χ4n) is 1.78. The number of halogens is 3. The van der Waals surface area contributed by atoms with Crippen molar-refractivity contribution in [2.45, 2.75) is 44.3 Å². The van der Waals surface area contributed by atoms with Crippen LogP contribution in [0.2, 0.25) is 0 Å². The van der Waals surface area contributed by atoms with Gasteiger partial charge in [0.2, 0.25) is 0 Å². The summed E-state index contributed by atoms with van der Waals surface area (Å²) in [5.41, 5.74) is 0. The highest BCUT2D eigenvalue weighted by atomic mass is 19.4. The van der Waals surface area contributed by atoms with Crippen LogP contribution in [0.1, 0.15) is 32.1 Å². The van der Waals surface area contributed by atoms with Gasteiger partial charge in [-0.1, -0.05) is 0 Å². The van der Waals surface area contributed by atoms with Crippen LogP contribution < -0.4 is 5.32 Å². The number of ether oxygens (including phenoxy) is 1. The van der Waals surface area contributed by atoms with E-state index in [-0.39, 0.29) is 6.42 Å². The summed E-state index contributed by atoms with van der Waals surface area (Å²) in [6.45, 7) is 1.31. The van der Waals surface area contributed by atoms with Gasteiger partial charge >= 0.3 is 6.18 Å². The molecule has 1 N–H and O–H groups in total. The summed E-state index contributed by atoms with van der Waals surface area (Å²) in [5.74, 6) is 0.669. The maximum atomic E-state index is 11.9. The predicted octanol–water partition coefficient (Wildman–Crippen LogP) is 2.73. The van der Waals surface area contributed by atoms with Gasteiger partial charge in [0.05, 0.1) is 6.61 Å². The molecular weight excluding hydrogens is 219 g/mol. The summed E-state index contributed by atoms with van der Waals surface area (Å²) < 4.78 is 40.7. The van der Waals surface area contributed by atoms with Gasteiger partial charge < -0.3 is 10.1 Å². The van der Waals surface area contributed by atoms with Gasteiger partial charge in [-0.2, -0.15) is 13.2 Å². The first-order valence-electron chi connectivity index (χ1n) is 5.82. The van der Waals surface area contributed by atoms with Crippen molar-refractivity contribution >= 4 is 0 Å². The summed E-state index contributed by atoms with van der Waals surface area (Å²) in [4.78, 5) is 0. The first kappa shape index (κ1) is 13.8. The minimum absolute atomic E-state index is 0.209. The minimum atomic E-state index is -4.01. The predicted molar refractivity (Wildman–Crippen MR) is 56.3 cm³/mol. The monoisotopic (exact) mass is 239 g/mol. The average molecular weight is 239 g/mol. The second-order valence-electron chi connectivity index (χ2n) is 4.43. The molecule has 0 heterocycles. The molecule has 96 valence electrons. The van der Waals surface area contributed by atoms with E-state index in [1.807, 2.05) is 0 Å². The number of hydrogen-bond acceptors (Lipinski definition) is 2. The maximum absolute atomic E-state index is 11.9. The average Bonchev–Trinajstić information content (AvgIpc) is 2.97. The lowest BCUT2D eigenvalue weighted by Crippen LogP contribution is -2.35. The molecule has 0 aromatic rings. The van der Waals surface area contributed by atoms with Crippen LogP contribution in [0.5, 0.6) is 0 Å². The van der Waals surface area contributed by atoms with Crippen LogP contribution in [0.25, 0.3) is 0 Å². The van der Waals surface area contributed by atoms with E-state index in [9.17, 15) is 13.2 Å². The van der Waals surface area contributed by atoms with Crippen LogP contribution in [0.15, 0.2) is 0 Å². The van der Waals surface area contributed by atoms with Crippen molar-refractivity contribution in [2.24, 2.45) is 5.92 Å². The Labute approximate surface area is 94.5 Å². The molecule has 16 heavy (non-hydrogen) atoms. The zero-order valence-corrected chi connectivity index (χ0v) is 9.65. The standard InChI is InChI=1S/C11H20F3NO/c1-16-8-10(9-4-5-9)15-7-3-2-6-11(12,13)14/h9-10,15H,2-8H2,1H3. The van der Waals surface area contributed by atoms with Crippen LogP contribution in [0.4, 0.5) is 13.2 Å². The van der Waals surface area contributed by atoms with Crippen molar-refractivity contribution in [1.29, 1.82) is 0 Å². The topological polar surface area (TPSA) is 21.3 Å². The molecule has 0 aromatic carbocycles. The normalized spacial score (nSPS) is 18.8. The number of hydrogen-bond donors (Lipinski definition) is 1. The minimum Gasteiger partial charge on any atom is -0.383 e. The third-order valence-corrected chi connectivity index (χ3v) is 2.83. The quantitative estimate of drug-likeness (QED) is 0.658. The molecule has 1 unspecified atom stereocenters. The molecule has 2 nitrogen and oxygen atoms in total.